The Bertz CT molecular complexity index is 118. The highest BCUT2D eigenvalue weighted by Crippen LogP contribution is 2.09. The second-order valence-corrected chi connectivity index (χ2v) is 2.17. The van der Waals surface area contributed by atoms with Crippen LogP contribution in [0.4, 0.5) is 0 Å². The van der Waals surface area contributed by atoms with Gasteiger partial charge in [0, 0.05) is 6.21 Å². The van der Waals surface area contributed by atoms with E-state index in [9.17, 15) is 4.79 Å². The molecule has 0 radical (unpaired) electrons. The molecule has 8 heavy (non-hydrogen) atoms. The van der Waals surface area contributed by atoms with E-state index in [1.54, 1.807) is 0 Å². The van der Waals surface area contributed by atoms with Crippen LogP contribution in [0.2, 0.25) is 0 Å². The summed E-state index contributed by atoms with van der Waals surface area (Å²) in [6, 6.07) is 0. The monoisotopic (exact) mass is 115 g/mol. The second kappa shape index (κ2) is 1.94. The van der Waals surface area contributed by atoms with E-state index in [1.165, 1.54) is 13.8 Å². The molecule has 0 unspecified atom stereocenters. The molecular weight excluding hydrogens is 106 g/mol. The summed E-state index contributed by atoms with van der Waals surface area (Å²) in [6.45, 7) is 2.95. The van der Waals surface area contributed by atoms with Crippen molar-refractivity contribution in [3.8, 4) is 0 Å². The van der Waals surface area contributed by atoms with Crippen molar-refractivity contribution in [1.82, 2.24) is 0 Å². The molecule has 0 amide bonds. The zero-order chi connectivity index (χ0) is 6.78. The van der Waals surface area contributed by atoms with Gasteiger partial charge in [0.1, 0.15) is 0 Å². The zero-order valence-corrected chi connectivity index (χ0v) is 4.93. The first-order chi connectivity index (χ1) is 3.50. The quantitative estimate of drug-likeness (QED) is 0.521. The van der Waals surface area contributed by atoms with Gasteiger partial charge in [-0.2, -0.15) is 0 Å². The molecule has 0 atom stereocenters. The van der Waals surface area contributed by atoms with Crippen LogP contribution in [0.15, 0.2) is 0 Å². The first-order valence-electron chi connectivity index (χ1n) is 2.26. The lowest BCUT2D eigenvalue weighted by atomic mass is 9.96. The molecule has 0 bridgehead atoms. The first-order valence-corrected chi connectivity index (χ1v) is 2.26. The van der Waals surface area contributed by atoms with Crippen molar-refractivity contribution in [2.24, 2.45) is 5.41 Å². The molecule has 0 fully saturated rings. The number of rotatable bonds is 2. The Morgan fingerprint density at radius 3 is 2.12 bits per heavy atom. The Morgan fingerprint density at radius 2 is 2.12 bits per heavy atom. The lowest BCUT2D eigenvalue weighted by Crippen LogP contribution is -2.24. The highest BCUT2D eigenvalue weighted by atomic mass is 16.4. The standard InChI is InChI=1S/C5H9NO2/c1-5(2,3-6)4(7)8/h3,6H,1-2H3,(H,7,8). The molecule has 2 N–H and O–H groups in total. The van der Waals surface area contributed by atoms with E-state index >= 15 is 0 Å². The summed E-state index contributed by atoms with van der Waals surface area (Å²) >= 11 is 0. The van der Waals surface area contributed by atoms with E-state index in [0.29, 0.717) is 0 Å². The van der Waals surface area contributed by atoms with Gasteiger partial charge in [-0.1, -0.05) is 0 Å². The summed E-state index contributed by atoms with van der Waals surface area (Å²) in [7, 11) is 0. The third kappa shape index (κ3) is 1.33. The minimum absolute atomic E-state index is 0.912. The Kier molecular flexibility index (Phi) is 1.73. The third-order valence-corrected chi connectivity index (χ3v) is 0.912. The maximum absolute atomic E-state index is 10.1. The molecule has 3 heteroatoms. The van der Waals surface area contributed by atoms with Gasteiger partial charge in [-0.15, -0.1) is 0 Å². The van der Waals surface area contributed by atoms with E-state index in [2.05, 4.69) is 0 Å². The lowest BCUT2D eigenvalue weighted by molar-refractivity contribution is -0.143. The Morgan fingerprint density at radius 1 is 1.75 bits per heavy atom. The lowest BCUT2D eigenvalue weighted by Gasteiger charge is -2.09. The molecule has 0 aromatic heterocycles. The molecule has 0 aliphatic rings. The summed E-state index contributed by atoms with van der Waals surface area (Å²) in [6.07, 6.45) is 0.912. The van der Waals surface area contributed by atoms with Gasteiger partial charge in [0.05, 0.1) is 5.41 Å². The average molecular weight is 115 g/mol. The molecule has 0 heterocycles. The number of aliphatic carboxylic acids is 1. The van der Waals surface area contributed by atoms with Gasteiger partial charge in [0.15, 0.2) is 0 Å². The van der Waals surface area contributed by atoms with Crippen LogP contribution in [0.25, 0.3) is 0 Å². The smallest absolute Gasteiger partial charge is 0.314 e. The van der Waals surface area contributed by atoms with Crippen molar-refractivity contribution in [1.29, 1.82) is 5.41 Å². The fraction of sp³-hybridized carbons (Fsp3) is 0.600. The van der Waals surface area contributed by atoms with Crippen molar-refractivity contribution in [3.05, 3.63) is 0 Å². The molecule has 0 saturated carbocycles. The Hall–Kier alpha value is -0.860. The van der Waals surface area contributed by atoms with Crippen molar-refractivity contribution in [2.45, 2.75) is 13.8 Å². The predicted molar refractivity (Wildman–Crippen MR) is 30.2 cm³/mol. The van der Waals surface area contributed by atoms with Crippen molar-refractivity contribution < 1.29 is 9.90 Å². The van der Waals surface area contributed by atoms with Gasteiger partial charge < -0.3 is 10.5 Å². The maximum Gasteiger partial charge on any atom is 0.314 e. The Balaban J connectivity index is 4.12. The Labute approximate surface area is 47.8 Å². The normalized spacial score (nSPS) is 10.8. The summed E-state index contributed by atoms with van der Waals surface area (Å²) in [5.74, 6) is -0.965. The summed E-state index contributed by atoms with van der Waals surface area (Å²) < 4.78 is 0. The van der Waals surface area contributed by atoms with Crippen LogP contribution in [0, 0.1) is 10.8 Å². The van der Waals surface area contributed by atoms with Gasteiger partial charge in [0.2, 0.25) is 0 Å². The van der Waals surface area contributed by atoms with E-state index in [-0.39, 0.29) is 0 Å². The topological polar surface area (TPSA) is 61.2 Å². The summed E-state index contributed by atoms with van der Waals surface area (Å²) in [4.78, 5) is 10.1. The fourth-order valence-corrected chi connectivity index (χ4v) is 0.0617. The molecule has 0 aromatic carbocycles. The third-order valence-electron chi connectivity index (χ3n) is 0.912. The number of hydrogen-bond acceptors (Lipinski definition) is 2. The van der Waals surface area contributed by atoms with Crippen LogP contribution in [-0.2, 0) is 4.79 Å². The minimum atomic E-state index is -1.00. The van der Waals surface area contributed by atoms with Crippen molar-refractivity contribution in [2.75, 3.05) is 0 Å². The van der Waals surface area contributed by atoms with Gasteiger partial charge in [-0.3, -0.25) is 4.79 Å². The van der Waals surface area contributed by atoms with Crippen LogP contribution < -0.4 is 0 Å². The number of carboxylic acids is 1. The number of carbonyl (C=O) groups is 1. The van der Waals surface area contributed by atoms with E-state index < -0.39 is 11.4 Å². The maximum atomic E-state index is 10.1. The molecule has 0 aromatic rings. The minimum Gasteiger partial charge on any atom is -0.481 e. The second-order valence-electron chi connectivity index (χ2n) is 2.17. The number of carboxylic acid groups (broad SMARTS) is 1. The van der Waals surface area contributed by atoms with E-state index in [1.807, 2.05) is 0 Å². The molecule has 0 saturated heterocycles. The molecule has 46 valence electrons. The van der Waals surface area contributed by atoms with Crippen LogP contribution in [0.5, 0.6) is 0 Å². The van der Waals surface area contributed by atoms with Crippen LogP contribution in [0.3, 0.4) is 0 Å². The predicted octanol–water partition coefficient (Wildman–Crippen LogP) is 0.747. The number of hydrogen-bond donors (Lipinski definition) is 2. The van der Waals surface area contributed by atoms with E-state index in [4.69, 9.17) is 10.5 Å². The molecule has 0 spiro atoms. The highest BCUT2D eigenvalue weighted by Gasteiger charge is 2.23. The van der Waals surface area contributed by atoms with Crippen molar-refractivity contribution in [3.63, 3.8) is 0 Å². The average Bonchev–Trinajstić information content (AvgIpc) is 1.67. The van der Waals surface area contributed by atoms with Crippen LogP contribution in [0.1, 0.15) is 13.8 Å². The van der Waals surface area contributed by atoms with Gasteiger partial charge >= 0.3 is 5.97 Å². The van der Waals surface area contributed by atoms with Gasteiger partial charge in [-0.05, 0) is 13.8 Å². The molecule has 3 nitrogen and oxygen atoms in total. The fourth-order valence-electron chi connectivity index (χ4n) is 0.0617. The molecule has 0 aliphatic heterocycles. The molecule has 0 rings (SSSR count). The largest absolute Gasteiger partial charge is 0.481 e. The molecule has 0 aliphatic carbocycles. The highest BCUT2D eigenvalue weighted by molar-refractivity contribution is 5.91. The first kappa shape index (κ1) is 7.14. The van der Waals surface area contributed by atoms with Crippen LogP contribution in [-0.4, -0.2) is 17.3 Å². The van der Waals surface area contributed by atoms with Gasteiger partial charge in [-0.25, -0.2) is 0 Å². The van der Waals surface area contributed by atoms with Gasteiger partial charge in [0.25, 0.3) is 0 Å². The zero-order valence-electron chi connectivity index (χ0n) is 4.93. The summed E-state index contributed by atoms with van der Waals surface area (Å²) in [5.41, 5.74) is -1.00. The SMILES string of the molecule is CC(C)(C=N)C(=O)O. The summed E-state index contributed by atoms with van der Waals surface area (Å²) in [5, 5.41) is 14.9. The number of nitrogens with one attached hydrogen (secondary N) is 1. The van der Waals surface area contributed by atoms with Crippen molar-refractivity contribution >= 4 is 12.2 Å². The van der Waals surface area contributed by atoms with E-state index in [0.717, 1.165) is 6.21 Å². The molecular formula is C5H9NO2. The van der Waals surface area contributed by atoms with Crippen LogP contribution >= 0.6 is 0 Å².